The fourth-order valence-corrected chi connectivity index (χ4v) is 2.40. The van der Waals surface area contributed by atoms with E-state index in [-0.39, 0.29) is 12.0 Å². The van der Waals surface area contributed by atoms with Gasteiger partial charge in [-0.2, -0.15) is 0 Å². The predicted octanol–water partition coefficient (Wildman–Crippen LogP) is 1.08. The summed E-state index contributed by atoms with van der Waals surface area (Å²) in [5.41, 5.74) is -0.653. The van der Waals surface area contributed by atoms with Gasteiger partial charge in [0.2, 0.25) is 0 Å². The van der Waals surface area contributed by atoms with E-state index in [1.54, 1.807) is 6.92 Å². The number of esters is 1. The van der Waals surface area contributed by atoms with Gasteiger partial charge in [0.15, 0.2) is 0 Å². The zero-order valence-corrected chi connectivity index (χ0v) is 10.5. The highest BCUT2D eigenvalue weighted by Crippen LogP contribution is 2.31. The van der Waals surface area contributed by atoms with E-state index in [2.05, 4.69) is 17.0 Å². The van der Waals surface area contributed by atoms with Crippen LogP contribution < -0.4 is 5.32 Å². The molecule has 0 amide bonds. The summed E-state index contributed by atoms with van der Waals surface area (Å²) in [4.78, 5) is 11.2. The third-order valence-corrected chi connectivity index (χ3v) is 3.36. The third-order valence-electron chi connectivity index (χ3n) is 3.36. The molecule has 0 heterocycles. The first-order chi connectivity index (χ1) is 7.47. The van der Waals surface area contributed by atoms with Gasteiger partial charge in [-0.25, -0.2) is 0 Å². The van der Waals surface area contributed by atoms with Crippen molar-refractivity contribution in [3.8, 4) is 0 Å². The second-order valence-electron chi connectivity index (χ2n) is 5.05. The second-order valence-corrected chi connectivity index (χ2v) is 5.05. The quantitative estimate of drug-likeness (QED) is 0.708. The van der Waals surface area contributed by atoms with Crippen molar-refractivity contribution in [2.24, 2.45) is 5.92 Å². The molecular formula is C12H23NO3. The van der Waals surface area contributed by atoms with Crippen LogP contribution in [0.4, 0.5) is 0 Å². The third kappa shape index (κ3) is 3.76. The number of hydrogen-bond donors (Lipinski definition) is 2. The number of carbonyl (C=O) groups excluding carboxylic acids is 1. The Labute approximate surface area is 97.4 Å². The maximum atomic E-state index is 11.2. The van der Waals surface area contributed by atoms with Gasteiger partial charge in [0.05, 0.1) is 12.7 Å². The zero-order chi connectivity index (χ0) is 12.2. The average Bonchev–Trinajstić information content (AvgIpc) is 2.24. The van der Waals surface area contributed by atoms with Gasteiger partial charge in [0.25, 0.3) is 0 Å². The van der Waals surface area contributed by atoms with E-state index in [4.69, 9.17) is 0 Å². The van der Waals surface area contributed by atoms with Crippen LogP contribution in [0.3, 0.4) is 0 Å². The smallest absolute Gasteiger partial charge is 0.322 e. The minimum atomic E-state index is -0.653. The summed E-state index contributed by atoms with van der Waals surface area (Å²) >= 11 is 0. The molecule has 94 valence electrons. The lowest BCUT2D eigenvalue weighted by Gasteiger charge is -2.36. The molecule has 0 saturated heterocycles. The van der Waals surface area contributed by atoms with Crippen LogP contribution in [-0.2, 0) is 9.53 Å². The van der Waals surface area contributed by atoms with E-state index in [0.29, 0.717) is 12.5 Å². The molecule has 0 bridgehead atoms. The van der Waals surface area contributed by atoms with Crippen molar-refractivity contribution in [2.45, 2.75) is 51.2 Å². The normalized spacial score (nSPS) is 32.1. The van der Waals surface area contributed by atoms with Crippen LogP contribution in [-0.4, -0.2) is 36.4 Å². The van der Waals surface area contributed by atoms with Crippen molar-refractivity contribution in [3.63, 3.8) is 0 Å². The lowest BCUT2D eigenvalue weighted by atomic mass is 9.79. The van der Waals surface area contributed by atoms with Crippen molar-refractivity contribution in [1.29, 1.82) is 0 Å². The number of aliphatic hydroxyl groups is 1. The Morgan fingerprint density at radius 3 is 2.94 bits per heavy atom. The Morgan fingerprint density at radius 2 is 2.38 bits per heavy atom. The van der Waals surface area contributed by atoms with E-state index < -0.39 is 5.60 Å². The number of carbonyl (C=O) groups is 1. The van der Waals surface area contributed by atoms with Crippen LogP contribution in [0, 0.1) is 5.92 Å². The average molecular weight is 229 g/mol. The predicted molar refractivity (Wildman–Crippen MR) is 62.1 cm³/mol. The molecule has 0 aromatic carbocycles. The molecule has 0 radical (unpaired) electrons. The molecule has 0 spiro atoms. The highest BCUT2D eigenvalue weighted by molar-refractivity contribution is 5.75. The molecule has 3 unspecified atom stereocenters. The first-order valence-corrected chi connectivity index (χ1v) is 6.00. The first kappa shape index (κ1) is 13.5. The molecule has 1 aliphatic rings. The van der Waals surface area contributed by atoms with Crippen molar-refractivity contribution >= 4 is 5.97 Å². The van der Waals surface area contributed by atoms with E-state index in [9.17, 15) is 9.90 Å². The van der Waals surface area contributed by atoms with Crippen molar-refractivity contribution < 1.29 is 14.6 Å². The number of methoxy groups -OCH3 is 1. The van der Waals surface area contributed by atoms with Gasteiger partial charge in [-0.3, -0.25) is 4.79 Å². The lowest BCUT2D eigenvalue weighted by molar-refractivity contribution is -0.143. The minimum Gasteiger partial charge on any atom is -0.468 e. The Balaban J connectivity index is 2.38. The molecule has 16 heavy (non-hydrogen) atoms. The van der Waals surface area contributed by atoms with Crippen LogP contribution >= 0.6 is 0 Å². The highest BCUT2D eigenvalue weighted by atomic mass is 16.5. The monoisotopic (exact) mass is 229 g/mol. The SMILES string of the molecule is COC(=O)C(C)NCC1(O)CCCC(C)C1. The summed E-state index contributed by atoms with van der Waals surface area (Å²) in [5.74, 6) is 0.279. The van der Waals surface area contributed by atoms with E-state index >= 15 is 0 Å². The van der Waals surface area contributed by atoms with Crippen LogP contribution in [0.15, 0.2) is 0 Å². The Morgan fingerprint density at radius 1 is 1.69 bits per heavy atom. The van der Waals surface area contributed by atoms with E-state index in [1.807, 2.05) is 0 Å². The molecule has 3 atom stereocenters. The topological polar surface area (TPSA) is 58.6 Å². The molecule has 1 fully saturated rings. The summed E-state index contributed by atoms with van der Waals surface area (Å²) in [5, 5.41) is 13.4. The zero-order valence-electron chi connectivity index (χ0n) is 10.5. The van der Waals surface area contributed by atoms with Crippen molar-refractivity contribution in [2.75, 3.05) is 13.7 Å². The fourth-order valence-electron chi connectivity index (χ4n) is 2.40. The molecule has 4 heteroatoms. The molecule has 0 aromatic rings. The Bertz CT molecular complexity index is 244. The summed E-state index contributed by atoms with van der Waals surface area (Å²) < 4.78 is 4.62. The van der Waals surface area contributed by atoms with Crippen LogP contribution in [0.2, 0.25) is 0 Å². The molecule has 1 rings (SSSR count). The molecule has 2 N–H and O–H groups in total. The molecule has 1 saturated carbocycles. The second kappa shape index (κ2) is 5.64. The Kier molecular flexibility index (Phi) is 4.74. The van der Waals surface area contributed by atoms with Crippen molar-refractivity contribution in [1.82, 2.24) is 5.32 Å². The molecule has 0 aliphatic heterocycles. The van der Waals surface area contributed by atoms with Crippen LogP contribution in [0.1, 0.15) is 39.5 Å². The first-order valence-electron chi connectivity index (χ1n) is 6.00. The Hall–Kier alpha value is -0.610. The van der Waals surface area contributed by atoms with Crippen LogP contribution in [0.25, 0.3) is 0 Å². The summed E-state index contributed by atoms with van der Waals surface area (Å²) in [6.45, 7) is 4.38. The largest absolute Gasteiger partial charge is 0.468 e. The van der Waals surface area contributed by atoms with Gasteiger partial charge in [-0.1, -0.05) is 19.8 Å². The van der Waals surface area contributed by atoms with Gasteiger partial charge in [-0.05, 0) is 25.7 Å². The van der Waals surface area contributed by atoms with Gasteiger partial charge in [0.1, 0.15) is 6.04 Å². The summed E-state index contributed by atoms with van der Waals surface area (Å²) in [7, 11) is 1.37. The number of nitrogens with one attached hydrogen (secondary N) is 1. The van der Waals surface area contributed by atoms with Crippen LogP contribution in [0.5, 0.6) is 0 Å². The van der Waals surface area contributed by atoms with Crippen molar-refractivity contribution in [3.05, 3.63) is 0 Å². The number of hydrogen-bond acceptors (Lipinski definition) is 4. The van der Waals surface area contributed by atoms with E-state index in [1.165, 1.54) is 13.5 Å². The standard InChI is InChI=1S/C12H23NO3/c1-9-5-4-6-12(15,7-9)8-13-10(2)11(14)16-3/h9-10,13,15H,4-8H2,1-3H3. The van der Waals surface area contributed by atoms with Gasteiger partial charge < -0.3 is 15.2 Å². The summed E-state index contributed by atoms with van der Waals surface area (Å²) in [6.07, 6.45) is 3.88. The molecule has 1 aliphatic carbocycles. The summed E-state index contributed by atoms with van der Waals surface area (Å²) in [6, 6.07) is -0.355. The van der Waals surface area contributed by atoms with Gasteiger partial charge in [-0.15, -0.1) is 0 Å². The molecule has 0 aromatic heterocycles. The number of ether oxygens (including phenoxy) is 1. The maximum absolute atomic E-state index is 11.2. The fraction of sp³-hybridized carbons (Fsp3) is 0.917. The molecule has 4 nitrogen and oxygen atoms in total. The van der Waals surface area contributed by atoms with E-state index in [0.717, 1.165) is 19.3 Å². The minimum absolute atomic E-state index is 0.285. The number of rotatable bonds is 4. The van der Waals surface area contributed by atoms with Gasteiger partial charge in [0, 0.05) is 6.54 Å². The van der Waals surface area contributed by atoms with Gasteiger partial charge >= 0.3 is 5.97 Å². The highest BCUT2D eigenvalue weighted by Gasteiger charge is 2.33. The maximum Gasteiger partial charge on any atom is 0.322 e. The lowest BCUT2D eigenvalue weighted by Crippen LogP contribution is -2.48. The molecular weight excluding hydrogens is 206 g/mol.